The molecule has 1 aromatic rings. The first-order valence-electron chi connectivity index (χ1n) is 4.65. The molecule has 14 heavy (non-hydrogen) atoms. The lowest BCUT2D eigenvalue weighted by atomic mass is 9.97. The van der Waals surface area contributed by atoms with Crippen molar-refractivity contribution in [2.45, 2.75) is 32.0 Å². The van der Waals surface area contributed by atoms with Crippen molar-refractivity contribution < 1.29 is 9.84 Å². The summed E-state index contributed by atoms with van der Waals surface area (Å²) in [6.45, 7) is 3.55. The molecule has 1 unspecified atom stereocenters. The molecule has 0 radical (unpaired) electrons. The maximum absolute atomic E-state index is 9.84. The highest BCUT2D eigenvalue weighted by Gasteiger charge is 2.35. The van der Waals surface area contributed by atoms with Gasteiger partial charge in [-0.1, -0.05) is 22.0 Å². The molecular weight excluding hydrogens is 244 g/mol. The molecule has 0 aliphatic carbocycles. The Morgan fingerprint density at radius 3 is 2.79 bits per heavy atom. The van der Waals surface area contributed by atoms with Crippen molar-refractivity contribution >= 4 is 15.9 Å². The van der Waals surface area contributed by atoms with Crippen LogP contribution in [-0.4, -0.2) is 16.8 Å². The number of ether oxygens (including phenoxy) is 1. The van der Waals surface area contributed by atoms with Crippen molar-refractivity contribution in [1.82, 2.24) is 0 Å². The monoisotopic (exact) mass is 256 g/mol. The third-order valence-electron chi connectivity index (χ3n) is 2.52. The van der Waals surface area contributed by atoms with Crippen LogP contribution in [0.25, 0.3) is 0 Å². The normalized spacial score (nSPS) is 20.4. The zero-order valence-corrected chi connectivity index (χ0v) is 9.84. The van der Waals surface area contributed by atoms with E-state index in [0.29, 0.717) is 0 Å². The molecule has 2 rings (SSSR count). The molecule has 0 saturated carbocycles. The number of aliphatic hydroxyl groups is 1. The van der Waals surface area contributed by atoms with Crippen molar-refractivity contribution in [3.05, 3.63) is 28.2 Å². The molecule has 1 aromatic carbocycles. The van der Waals surface area contributed by atoms with Crippen LogP contribution in [0.15, 0.2) is 22.7 Å². The molecule has 1 N–H and O–H groups in total. The number of hydrogen-bond donors (Lipinski definition) is 1. The van der Waals surface area contributed by atoms with Crippen LogP contribution >= 0.6 is 15.9 Å². The molecule has 1 atom stereocenters. The lowest BCUT2D eigenvalue weighted by Crippen LogP contribution is -2.39. The zero-order chi connectivity index (χ0) is 10.3. The van der Waals surface area contributed by atoms with Gasteiger partial charge < -0.3 is 9.84 Å². The molecule has 1 aliphatic rings. The number of hydrogen-bond acceptors (Lipinski definition) is 2. The van der Waals surface area contributed by atoms with Crippen LogP contribution in [0, 0.1) is 0 Å². The van der Waals surface area contributed by atoms with E-state index in [2.05, 4.69) is 15.9 Å². The Bertz CT molecular complexity index is 355. The highest BCUT2D eigenvalue weighted by atomic mass is 79.9. The molecule has 0 saturated heterocycles. The second-order valence-corrected chi connectivity index (χ2v) is 5.04. The fourth-order valence-corrected chi connectivity index (χ4v) is 2.13. The molecule has 0 bridgehead atoms. The topological polar surface area (TPSA) is 29.5 Å². The Kier molecular flexibility index (Phi) is 2.32. The summed E-state index contributed by atoms with van der Waals surface area (Å²) >= 11 is 3.48. The molecule has 3 heteroatoms. The van der Waals surface area contributed by atoms with Crippen LogP contribution in [0.1, 0.15) is 19.4 Å². The average molecular weight is 257 g/mol. The first-order valence-corrected chi connectivity index (χ1v) is 5.44. The third-order valence-corrected chi connectivity index (χ3v) is 3.27. The maximum Gasteiger partial charge on any atom is 0.131 e. The van der Waals surface area contributed by atoms with E-state index >= 15 is 0 Å². The molecule has 76 valence electrons. The number of fused-ring (bicyclic) bond motifs is 1. The summed E-state index contributed by atoms with van der Waals surface area (Å²) in [5, 5.41) is 9.84. The largest absolute Gasteiger partial charge is 0.487 e. The van der Waals surface area contributed by atoms with Crippen molar-refractivity contribution in [3.63, 3.8) is 0 Å². The number of rotatable bonds is 1. The fourth-order valence-electron chi connectivity index (χ4n) is 1.62. The summed E-state index contributed by atoms with van der Waals surface area (Å²) in [4.78, 5) is 0. The number of halogens is 1. The Labute approximate surface area is 92.0 Å². The Hall–Kier alpha value is -0.540. The standard InChI is InChI=1S/C11H13BrO2/c1-11(2,13)10-6-7-8(12)4-3-5-9(7)14-10/h3-5,10,13H,6H2,1-2H3. The SMILES string of the molecule is CC(C)(O)C1Cc2c(Br)cccc2O1. The van der Waals surface area contributed by atoms with Gasteiger partial charge in [-0.15, -0.1) is 0 Å². The third kappa shape index (κ3) is 1.66. The fraction of sp³-hybridized carbons (Fsp3) is 0.455. The predicted octanol–water partition coefficient (Wildman–Crippen LogP) is 2.52. The summed E-state index contributed by atoms with van der Waals surface area (Å²) in [6, 6.07) is 5.87. The van der Waals surface area contributed by atoms with E-state index < -0.39 is 5.60 Å². The first kappa shape index (κ1) is 9.99. The van der Waals surface area contributed by atoms with Gasteiger partial charge in [0.25, 0.3) is 0 Å². The molecule has 0 amide bonds. The van der Waals surface area contributed by atoms with Gasteiger partial charge in [0.1, 0.15) is 11.9 Å². The van der Waals surface area contributed by atoms with Gasteiger partial charge in [-0.2, -0.15) is 0 Å². The van der Waals surface area contributed by atoms with Gasteiger partial charge >= 0.3 is 0 Å². The Morgan fingerprint density at radius 1 is 1.50 bits per heavy atom. The van der Waals surface area contributed by atoms with Crippen LogP contribution in [0.2, 0.25) is 0 Å². The molecule has 0 spiro atoms. The minimum atomic E-state index is -0.793. The van der Waals surface area contributed by atoms with Crippen LogP contribution in [0.3, 0.4) is 0 Å². The number of benzene rings is 1. The van der Waals surface area contributed by atoms with Crippen LogP contribution < -0.4 is 4.74 Å². The van der Waals surface area contributed by atoms with Crippen molar-refractivity contribution in [1.29, 1.82) is 0 Å². The lowest BCUT2D eigenvalue weighted by Gasteiger charge is -2.24. The van der Waals surface area contributed by atoms with Crippen molar-refractivity contribution in [2.75, 3.05) is 0 Å². The summed E-state index contributed by atoms with van der Waals surface area (Å²) in [6.07, 6.45) is 0.622. The molecular formula is C11H13BrO2. The van der Waals surface area contributed by atoms with E-state index in [-0.39, 0.29) is 6.10 Å². The van der Waals surface area contributed by atoms with Gasteiger partial charge in [-0.25, -0.2) is 0 Å². The first-order chi connectivity index (χ1) is 6.48. The summed E-state index contributed by atoms with van der Waals surface area (Å²) in [7, 11) is 0. The van der Waals surface area contributed by atoms with Gasteiger partial charge in [0.15, 0.2) is 0 Å². The van der Waals surface area contributed by atoms with Gasteiger partial charge in [0, 0.05) is 16.5 Å². The molecule has 1 heterocycles. The smallest absolute Gasteiger partial charge is 0.131 e. The second kappa shape index (κ2) is 3.24. The quantitative estimate of drug-likeness (QED) is 0.837. The summed E-state index contributed by atoms with van der Waals surface area (Å²) in [5.74, 6) is 0.881. The Balaban J connectivity index is 2.31. The Morgan fingerprint density at radius 2 is 2.21 bits per heavy atom. The summed E-state index contributed by atoms with van der Waals surface area (Å²) < 4.78 is 6.73. The maximum atomic E-state index is 9.84. The van der Waals surface area contributed by atoms with Crippen LogP contribution in [0.5, 0.6) is 5.75 Å². The van der Waals surface area contributed by atoms with Gasteiger partial charge in [-0.3, -0.25) is 0 Å². The minimum Gasteiger partial charge on any atom is -0.487 e. The van der Waals surface area contributed by atoms with E-state index in [1.165, 1.54) is 0 Å². The van der Waals surface area contributed by atoms with Crippen LogP contribution in [-0.2, 0) is 6.42 Å². The van der Waals surface area contributed by atoms with E-state index in [1.54, 1.807) is 13.8 Å². The van der Waals surface area contributed by atoms with Gasteiger partial charge in [0.05, 0.1) is 5.60 Å². The predicted molar refractivity (Wildman–Crippen MR) is 58.6 cm³/mol. The lowest BCUT2D eigenvalue weighted by molar-refractivity contribution is -0.0229. The van der Waals surface area contributed by atoms with Gasteiger partial charge in [0.2, 0.25) is 0 Å². The average Bonchev–Trinajstić information content (AvgIpc) is 2.48. The van der Waals surface area contributed by atoms with Gasteiger partial charge in [-0.05, 0) is 26.0 Å². The van der Waals surface area contributed by atoms with E-state index in [0.717, 1.165) is 22.2 Å². The summed E-state index contributed by atoms with van der Waals surface area (Å²) in [5.41, 5.74) is 0.359. The molecule has 0 aromatic heterocycles. The minimum absolute atomic E-state index is 0.142. The van der Waals surface area contributed by atoms with Crippen molar-refractivity contribution in [2.24, 2.45) is 0 Å². The zero-order valence-electron chi connectivity index (χ0n) is 8.25. The molecule has 0 fully saturated rings. The second-order valence-electron chi connectivity index (χ2n) is 4.18. The van der Waals surface area contributed by atoms with E-state index in [1.807, 2.05) is 18.2 Å². The van der Waals surface area contributed by atoms with Crippen molar-refractivity contribution in [3.8, 4) is 5.75 Å². The van der Waals surface area contributed by atoms with E-state index in [4.69, 9.17) is 4.74 Å². The van der Waals surface area contributed by atoms with E-state index in [9.17, 15) is 5.11 Å². The van der Waals surface area contributed by atoms with Crippen LogP contribution in [0.4, 0.5) is 0 Å². The molecule has 2 nitrogen and oxygen atoms in total. The molecule has 1 aliphatic heterocycles. The highest BCUT2D eigenvalue weighted by Crippen LogP contribution is 2.37. The highest BCUT2D eigenvalue weighted by molar-refractivity contribution is 9.10.